The van der Waals surface area contributed by atoms with Crippen LogP contribution in [-0.2, 0) is 14.8 Å². The number of thioether (sulfide) groups is 1. The molecule has 0 heterocycles. The van der Waals surface area contributed by atoms with E-state index < -0.39 is 10.0 Å². The largest absolute Gasteiger partial charge is 0.495 e. The third-order valence-corrected chi connectivity index (χ3v) is 6.14. The summed E-state index contributed by atoms with van der Waals surface area (Å²) in [7, 11) is -2.39. The maximum atomic E-state index is 12.7. The lowest BCUT2D eigenvalue weighted by molar-refractivity contribution is -0.118. The lowest BCUT2D eigenvalue weighted by Gasteiger charge is -2.14. The van der Waals surface area contributed by atoms with E-state index in [1.807, 2.05) is 6.26 Å². The number of hydrogen-bond donors (Lipinski definition) is 2. The van der Waals surface area contributed by atoms with Gasteiger partial charge in [0.2, 0.25) is 5.91 Å². The monoisotopic (exact) mass is 428 g/mol. The molecular weight excluding hydrogens is 408 g/mol. The minimum Gasteiger partial charge on any atom is -0.495 e. The van der Waals surface area contributed by atoms with Crippen LogP contribution in [0.4, 0.5) is 11.4 Å². The van der Waals surface area contributed by atoms with E-state index in [1.54, 1.807) is 32.0 Å². The van der Waals surface area contributed by atoms with Gasteiger partial charge in [0.15, 0.2) is 0 Å². The van der Waals surface area contributed by atoms with Gasteiger partial charge >= 0.3 is 0 Å². The molecule has 0 aromatic heterocycles. The first kappa shape index (κ1) is 21.4. The number of carbonyl (C=O) groups is 1. The molecule has 0 fully saturated rings. The number of ether oxygens (including phenoxy) is 1. The summed E-state index contributed by atoms with van der Waals surface area (Å²) < 4.78 is 33.0. The Hall–Kier alpha value is -1.90. The number of hydrogen-bond acceptors (Lipinski definition) is 5. The molecule has 1 amide bonds. The number of amides is 1. The molecule has 27 heavy (non-hydrogen) atoms. The first-order chi connectivity index (χ1) is 12.7. The molecule has 2 aromatic rings. The number of nitrogens with one attached hydrogen (secondary N) is 2. The molecule has 0 aliphatic heterocycles. The molecule has 2 aromatic carbocycles. The van der Waals surface area contributed by atoms with E-state index in [1.165, 1.54) is 37.1 Å². The average molecular weight is 429 g/mol. The van der Waals surface area contributed by atoms with E-state index in [-0.39, 0.29) is 16.7 Å². The Morgan fingerprint density at radius 2 is 1.89 bits per heavy atom. The molecular formula is C18H21ClN2O4S2. The first-order valence-corrected chi connectivity index (χ1v) is 11.1. The van der Waals surface area contributed by atoms with E-state index in [0.717, 1.165) is 4.90 Å². The highest BCUT2D eigenvalue weighted by atomic mass is 35.5. The summed E-state index contributed by atoms with van der Waals surface area (Å²) in [6, 6.07) is 9.20. The molecule has 6 nitrogen and oxygen atoms in total. The van der Waals surface area contributed by atoms with Crippen LogP contribution in [0.15, 0.2) is 46.2 Å². The Kier molecular flexibility index (Phi) is 7.02. The van der Waals surface area contributed by atoms with Gasteiger partial charge in [-0.05, 0) is 42.7 Å². The standard InChI is InChI=1S/C18H21ClN2O4S2/c1-11(2)18(22)20-15-10-13(6-8-17(15)26-4)27(23,24)21-12-5-7-16(25-3)14(19)9-12/h5-11,21H,1-4H3,(H,20,22). The molecule has 0 atom stereocenters. The van der Waals surface area contributed by atoms with Crippen molar-refractivity contribution in [2.24, 2.45) is 5.92 Å². The van der Waals surface area contributed by atoms with Gasteiger partial charge in [-0.25, -0.2) is 8.42 Å². The quantitative estimate of drug-likeness (QED) is 0.635. The number of anilines is 2. The molecule has 2 rings (SSSR count). The predicted octanol–water partition coefficient (Wildman–Crippen LogP) is 4.47. The Bertz CT molecular complexity index is 946. The summed E-state index contributed by atoms with van der Waals surface area (Å²) in [5.41, 5.74) is 0.763. The molecule has 0 radical (unpaired) electrons. The number of halogens is 1. The second-order valence-electron chi connectivity index (χ2n) is 5.96. The fourth-order valence-corrected chi connectivity index (χ4v) is 4.04. The average Bonchev–Trinajstić information content (AvgIpc) is 2.61. The van der Waals surface area contributed by atoms with Gasteiger partial charge in [0.1, 0.15) is 5.75 Å². The van der Waals surface area contributed by atoms with E-state index in [9.17, 15) is 13.2 Å². The fraction of sp³-hybridized carbons (Fsp3) is 0.278. The van der Waals surface area contributed by atoms with E-state index in [4.69, 9.17) is 16.3 Å². The number of carbonyl (C=O) groups excluding carboxylic acids is 1. The third kappa shape index (κ3) is 5.31. The van der Waals surface area contributed by atoms with Crippen molar-refractivity contribution in [1.82, 2.24) is 0 Å². The summed E-state index contributed by atoms with van der Waals surface area (Å²) in [6.45, 7) is 3.54. The van der Waals surface area contributed by atoms with Crippen molar-refractivity contribution < 1.29 is 17.9 Å². The van der Waals surface area contributed by atoms with Gasteiger partial charge in [-0.3, -0.25) is 9.52 Å². The first-order valence-electron chi connectivity index (χ1n) is 8.03. The maximum absolute atomic E-state index is 12.7. The van der Waals surface area contributed by atoms with Crippen molar-refractivity contribution in [1.29, 1.82) is 0 Å². The zero-order valence-corrected chi connectivity index (χ0v) is 17.8. The van der Waals surface area contributed by atoms with Crippen molar-refractivity contribution >= 4 is 50.7 Å². The molecule has 0 bridgehead atoms. The van der Waals surface area contributed by atoms with Crippen LogP contribution in [0.5, 0.6) is 5.75 Å². The zero-order valence-electron chi connectivity index (χ0n) is 15.4. The van der Waals surface area contributed by atoms with E-state index in [2.05, 4.69) is 10.0 Å². The predicted molar refractivity (Wildman–Crippen MR) is 111 cm³/mol. The molecule has 0 saturated carbocycles. The van der Waals surface area contributed by atoms with Crippen LogP contribution in [0.1, 0.15) is 13.8 Å². The van der Waals surface area contributed by atoms with Crippen LogP contribution >= 0.6 is 23.4 Å². The third-order valence-electron chi connectivity index (χ3n) is 3.67. The van der Waals surface area contributed by atoms with Crippen molar-refractivity contribution in [3.05, 3.63) is 41.4 Å². The zero-order chi connectivity index (χ0) is 20.2. The Balaban J connectivity index is 2.35. The second kappa shape index (κ2) is 8.86. The molecule has 2 N–H and O–H groups in total. The Morgan fingerprint density at radius 3 is 2.44 bits per heavy atom. The van der Waals surface area contributed by atoms with Gasteiger partial charge in [-0.15, -0.1) is 11.8 Å². The van der Waals surface area contributed by atoms with Gasteiger partial charge in [0.05, 0.1) is 28.4 Å². The van der Waals surface area contributed by atoms with E-state index >= 15 is 0 Å². The highest BCUT2D eigenvalue weighted by molar-refractivity contribution is 7.98. The van der Waals surface area contributed by atoms with Crippen LogP contribution < -0.4 is 14.8 Å². The van der Waals surface area contributed by atoms with Gasteiger partial charge in [-0.1, -0.05) is 25.4 Å². The van der Waals surface area contributed by atoms with Crippen LogP contribution in [0.2, 0.25) is 5.02 Å². The topological polar surface area (TPSA) is 84.5 Å². The van der Waals surface area contributed by atoms with Gasteiger partial charge in [0, 0.05) is 10.8 Å². The molecule has 0 unspecified atom stereocenters. The van der Waals surface area contributed by atoms with Crippen molar-refractivity contribution in [2.75, 3.05) is 23.4 Å². The van der Waals surface area contributed by atoms with Gasteiger partial charge in [0.25, 0.3) is 10.0 Å². The number of benzene rings is 2. The summed E-state index contributed by atoms with van der Waals surface area (Å²) >= 11 is 7.46. The lowest BCUT2D eigenvalue weighted by Crippen LogP contribution is -2.19. The fourth-order valence-electron chi connectivity index (χ4n) is 2.17. The summed E-state index contributed by atoms with van der Waals surface area (Å²) in [6.07, 6.45) is 1.85. The summed E-state index contributed by atoms with van der Waals surface area (Å²) in [5, 5.41) is 3.06. The molecule has 0 spiro atoms. The smallest absolute Gasteiger partial charge is 0.261 e. The molecule has 9 heteroatoms. The van der Waals surface area contributed by atoms with Crippen molar-refractivity contribution in [3.8, 4) is 5.75 Å². The SMILES string of the molecule is COc1ccc(NS(=O)(=O)c2ccc(SC)c(NC(=O)C(C)C)c2)cc1Cl. The van der Waals surface area contributed by atoms with Crippen molar-refractivity contribution in [2.45, 2.75) is 23.6 Å². The maximum Gasteiger partial charge on any atom is 0.261 e. The molecule has 146 valence electrons. The second-order valence-corrected chi connectivity index (χ2v) is 8.90. The Labute approximate surface area is 168 Å². The van der Waals surface area contributed by atoms with Crippen LogP contribution in [0.25, 0.3) is 0 Å². The normalized spacial score (nSPS) is 11.3. The van der Waals surface area contributed by atoms with Gasteiger partial charge in [-0.2, -0.15) is 0 Å². The van der Waals surface area contributed by atoms with E-state index in [0.29, 0.717) is 22.1 Å². The molecule has 0 saturated heterocycles. The molecule has 0 aliphatic carbocycles. The highest BCUT2D eigenvalue weighted by Gasteiger charge is 2.18. The minimum atomic E-state index is -3.86. The summed E-state index contributed by atoms with van der Waals surface area (Å²) in [4.78, 5) is 12.8. The summed E-state index contributed by atoms with van der Waals surface area (Å²) in [5.74, 6) is 0.0388. The molecule has 0 aliphatic rings. The lowest BCUT2D eigenvalue weighted by atomic mass is 10.2. The highest BCUT2D eigenvalue weighted by Crippen LogP contribution is 2.31. The van der Waals surface area contributed by atoms with Gasteiger partial charge < -0.3 is 10.1 Å². The number of methoxy groups -OCH3 is 1. The van der Waals surface area contributed by atoms with Crippen molar-refractivity contribution in [3.63, 3.8) is 0 Å². The van der Waals surface area contributed by atoms with Crippen LogP contribution in [0, 0.1) is 5.92 Å². The number of rotatable bonds is 7. The van der Waals surface area contributed by atoms with Crippen LogP contribution in [0.3, 0.4) is 0 Å². The van der Waals surface area contributed by atoms with Crippen LogP contribution in [-0.4, -0.2) is 27.7 Å². The number of sulfonamides is 1. The minimum absolute atomic E-state index is 0.0336. The Morgan fingerprint density at radius 1 is 1.19 bits per heavy atom.